The molecule has 2 aromatic carbocycles. The third-order valence-corrected chi connectivity index (χ3v) is 5.64. The number of likely N-dealkylation sites (N-methyl/N-ethyl adjacent to an activating group) is 1. The van der Waals surface area contributed by atoms with Crippen LogP contribution in [0.25, 0.3) is 0 Å². The van der Waals surface area contributed by atoms with Gasteiger partial charge in [-0.15, -0.1) is 0 Å². The average molecular weight is 349 g/mol. The lowest BCUT2D eigenvalue weighted by molar-refractivity contribution is -0.123. The first-order chi connectivity index (χ1) is 12.6. The topological polar surface area (TPSA) is 43.9 Å². The molecule has 2 amide bonds. The fourth-order valence-electron chi connectivity index (χ4n) is 4.04. The highest BCUT2D eigenvalue weighted by Gasteiger charge is 2.48. The van der Waals surface area contributed by atoms with Gasteiger partial charge in [-0.2, -0.15) is 0 Å². The first kappa shape index (κ1) is 16.8. The van der Waals surface area contributed by atoms with Crippen LogP contribution >= 0.6 is 0 Å². The first-order valence-corrected chi connectivity index (χ1v) is 9.00. The maximum absolute atomic E-state index is 12.8. The van der Waals surface area contributed by atoms with Crippen LogP contribution in [0.3, 0.4) is 0 Å². The molecule has 0 aromatic heterocycles. The SMILES string of the molecule is CN1CC(=O)N(c2ccccc2)C[C@@]12CCN(C(=O)c1ccccc1)C2. The Morgan fingerprint density at radius 2 is 1.62 bits per heavy atom. The van der Waals surface area contributed by atoms with Crippen LogP contribution in [0.5, 0.6) is 0 Å². The average Bonchev–Trinajstić information content (AvgIpc) is 3.11. The Bertz CT molecular complexity index is 809. The minimum Gasteiger partial charge on any atom is -0.337 e. The monoisotopic (exact) mass is 349 g/mol. The summed E-state index contributed by atoms with van der Waals surface area (Å²) in [5.41, 5.74) is 1.46. The fraction of sp³-hybridized carbons (Fsp3) is 0.333. The number of carbonyl (C=O) groups is 2. The highest BCUT2D eigenvalue weighted by atomic mass is 16.2. The zero-order valence-corrected chi connectivity index (χ0v) is 15.0. The zero-order chi connectivity index (χ0) is 18.1. The summed E-state index contributed by atoms with van der Waals surface area (Å²) in [4.78, 5) is 31.3. The number of carbonyl (C=O) groups excluding carboxylic acids is 2. The van der Waals surface area contributed by atoms with Crippen molar-refractivity contribution in [2.24, 2.45) is 0 Å². The van der Waals surface area contributed by atoms with Crippen molar-refractivity contribution in [2.45, 2.75) is 12.0 Å². The van der Waals surface area contributed by atoms with Gasteiger partial charge in [0.2, 0.25) is 5.91 Å². The maximum atomic E-state index is 12.8. The molecule has 0 radical (unpaired) electrons. The Morgan fingerprint density at radius 1 is 0.962 bits per heavy atom. The van der Waals surface area contributed by atoms with Gasteiger partial charge in [-0.3, -0.25) is 14.5 Å². The first-order valence-electron chi connectivity index (χ1n) is 9.00. The summed E-state index contributed by atoms with van der Waals surface area (Å²) >= 11 is 0. The van der Waals surface area contributed by atoms with Crippen LogP contribution in [0.1, 0.15) is 16.8 Å². The Balaban J connectivity index is 1.56. The number of para-hydroxylation sites is 1. The molecule has 5 heteroatoms. The van der Waals surface area contributed by atoms with Crippen molar-refractivity contribution in [1.29, 1.82) is 0 Å². The number of nitrogens with zero attached hydrogens (tertiary/aromatic N) is 3. The molecule has 0 unspecified atom stereocenters. The van der Waals surface area contributed by atoms with Crippen molar-refractivity contribution >= 4 is 17.5 Å². The van der Waals surface area contributed by atoms with Crippen LogP contribution in [0, 0.1) is 0 Å². The van der Waals surface area contributed by atoms with Gasteiger partial charge in [-0.25, -0.2) is 0 Å². The van der Waals surface area contributed by atoms with E-state index in [2.05, 4.69) is 4.90 Å². The van der Waals surface area contributed by atoms with Crippen LogP contribution in [0.15, 0.2) is 60.7 Å². The molecule has 2 aromatic rings. The number of amides is 2. The molecule has 5 nitrogen and oxygen atoms in total. The van der Waals surface area contributed by atoms with Gasteiger partial charge in [-0.05, 0) is 37.7 Å². The minimum absolute atomic E-state index is 0.0686. The predicted octanol–water partition coefficient (Wildman–Crippen LogP) is 2.25. The van der Waals surface area contributed by atoms with Gasteiger partial charge in [0, 0.05) is 30.9 Å². The summed E-state index contributed by atoms with van der Waals surface area (Å²) in [5.74, 6) is 0.177. The van der Waals surface area contributed by atoms with Crippen LogP contribution < -0.4 is 4.90 Å². The Hall–Kier alpha value is -2.66. The van der Waals surface area contributed by atoms with E-state index in [0.29, 0.717) is 19.6 Å². The van der Waals surface area contributed by atoms with Gasteiger partial charge in [0.1, 0.15) is 0 Å². The van der Waals surface area contributed by atoms with Crippen LogP contribution in [-0.2, 0) is 4.79 Å². The van der Waals surface area contributed by atoms with E-state index in [1.54, 1.807) is 0 Å². The van der Waals surface area contributed by atoms with E-state index in [-0.39, 0.29) is 17.4 Å². The summed E-state index contributed by atoms with van der Waals surface area (Å²) in [5, 5.41) is 0. The van der Waals surface area contributed by atoms with Gasteiger partial charge in [0.15, 0.2) is 0 Å². The molecule has 0 bridgehead atoms. The lowest BCUT2D eigenvalue weighted by Crippen LogP contribution is -2.64. The summed E-state index contributed by atoms with van der Waals surface area (Å²) < 4.78 is 0. The van der Waals surface area contributed by atoms with Gasteiger partial charge in [-0.1, -0.05) is 36.4 Å². The molecule has 2 fully saturated rings. The van der Waals surface area contributed by atoms with Crippen molar-refractivity contribution in [1.82, 2.24) is 9.80 Å². The summed E-state index contributed by atoms with van der Waals surface area (Å²) in [6.45, 7) is 2.36. The van der Waals surface area contributed by atoms with E-state index in [9.17, 15) is 9.59 Å². The zero-order valence-electron chi connectivity index (χ0n) is 15.0. The molecule has 0 aliphatic carbocycles. The van der Waals surface area contributed by atoms with Crippen molar-refractivity contribution in [2.75, 3.05) is 38.1 Å². The molecular formula is C21H23N3O2. The third kappa shape index (κ3) is 2.88. The number of benzene rings is 2. The molecule has 2 aliphatic rings. The second-order valence-corrected chi connectivity index (χ2v) is 7.24. The highest BCUT2D eigenvalue weighted by Crippen LogP contribution is 2.33. The predicted molar refractivity (Wildman–Crippen MR) is 101 cm³/mol. The standard InChI is InChI=1S/C21H23N3O2/c1-22-14-19(25)24(18-10-6-3-7-11-18)16-21(22)12-13-23(15-21)20(26)17-8-4-2-5-9-17/h2-11H,12-16H2,1H3/t21-/m0/s1. The quantitative estimate of drug-likeness (QED) is 0.835. The Morgan fingerprint density at radius 3 is 2.31 bits per heavy atom. The second-order valence-electron chi connectivity index (χ2n) is 7.24. The highest BCUT2D eigenvalue weighted by molar-refractivity contribution is 5.96. The van der Waals surface area contributed by atoms with Crippen LogP contribution in [0.4, 0.5) is 5.69 Å². The number of hydrogen-bond donors (Lipinski definition) is 0. The van der Waals surface area contributed by atoms with E-state index in [1.807, 2.05) is 77.5 Å². The van der Waals surface area contributed by atoms with Gasteiger partial charge in [0.25, 0.3) is 5.91 Å². The van der Waals surface area contributed by atoms with E-state index >= 15 is 0 Å². The van der Waals surface area contributed by atoms with Crippen molar-refractivity contribution in [3.8, 4) is 0 Å². The van der Waals surface area contributed by atoms with Crippen molar-refractivity contribution in [3.63, 3.8) is 0 Å². The van der Waals surface area contributed by atoms with Gasteiger partial charge >= 0.3 is 0 Å². The second kappa shape index (κ2) is 6.57. The fourth-order valence-corrected chi connectivity index (χ4v) is 4.04. The minimum atomic E-state index is -0.186. The van der Waals surface area contributed by atoms with Crippen molar-refractivity contribution < 1.29 is 9.59 Å². The molecule has 1 atom stereocenters. The molecule has 2 aliphatic heterocycles. The summed E-state index contributed by atoms with van der Waals surface area (Å²) in [6.07, 6.45) is 0.874. The van der Waals surface area contributed by atoms with Crippen LogP contribution in [-0.4, -0.2) is 60.4 Å². The number of rotatable bonds is 2. The number of likely N-dealkylation sites (tertiary alicyclic amines) is 1. The van der Waals surface area contributed by atoms with E-state index in [4.69, 9.17) is 0 Å². The maximum Gasteiger partial charge on any atom is 0.253 e. The largest absolute Gasteiger partial charge is 0.337 e. The van der Waals surface area contributed by atoms with Crippen molar-refractivity contribution in [3.05, 3.63) is 66.2 Å². The normalized spacial score (nSPS) is 23.7. The molecule has 1 spiro atoms. The smallest absolute Gasteiger partial charge is 0.253 e. The Labute approximate surface area is 153 Å². The lowest BCUT2D eigenvalue weighted by atomic mass is 9.92. The number of anilines is 1. The van der Waals surface area contributed by atoms with Crippen LogP contribution in [0.2, 0.25) is 0 Å². The molecule has 2 heterocycles. The number of piperazine rings is 1. The van der Waals surface area contributed by atoms with E-state index in [1.165, 1.54) is 0 Å². The molecule has 2 saturated heterocycles. The van der Waals surface area contributed by atoms with Gasteiger partial charge in [0.05, 0.1) is 12.1 Å². The molecule has 134 valence electrons. The summed E-state index contributed by atoms with van der Waals surface area (Å²) in [7, 11) is 2.00. The molecule has 26 heavy (non-hydrogen) atoms. The van der Waals surface area contributed by atoms with E-state index < -0.39 is 0 Å². The molecule has 0 N–H and O–H groups in total. The Kier molecular flexibility index (Phi) is 4.24. The lowest BCUT2D eigenvalue weighted by Gasteiger charge is -2.46. The third-order valence-electron chi connectivity index (χ3n) is 5.64. The molecule has 4 rings (SSSR count). The van der Waals surface area contributed by atoms with Gasteiger partial charge < -0.3 is 9.80 Å². The molecule has 0 saturated carbocycles. The summed E-state index contributed by atoms with van der Waals surface area (Å²) in [6, 6.07) is 19.2. The number of hydrogen-bond acceptors (Lipinski definition) is 3. The molecular weight excluding hydrogens is 326 g/mol. The van der Waals surface area contributed by atoms with E-state index in [0.717, 1.165) is 24.2 Å².